The summed E-state index contributed by atoms with van der Waals surface area (Å²) in [5.41, 5.74) is 23.5. The molecule has 0 radical (unpaired) electrons. The normalized spacial score (nSPS) is 15.6. The second kappa shape index (κ2) is 47.5. The lowest BCUT2D eigenvalue weighted by atomic mass is 9.92. The third-order valence-electron chi connectivity index (χ3n) is 26.5. The molecule has 5 aliphatic heterocycles. The predicted molar refractivity (Wildman–Crippen MR) is 587 cm³/mol. The number of aryl methyl sites for hydroxylation is 2. The number of hydrogen-bond acceptors (Lipinski definition) is 12. The molecule has 12 aromatic carbocycles. The second-order valence-corrected chi connectivity index (χ2v) is 38.2. The number of alkyl halides is 1. The molecular weight excluding hydrogens is 2000 g/mol. The largest absolute Gasteiger partial charge is 0.497 e. The Morgan fingerprint density at radius 3 is 0.830 bits per heavy atom. The number of fused-ring (bicyclic) bond motifs is 15. The van der Waals surface area contributed by atoms with Crippen LogP contribution >= 0.6 is 81.2 Å². The van der Waals surface area contributed by atoms with Gasteiger partial charge in [-0.3, -0.25) is 24.5 Å². The standard InChI is InChI=1S/2C26H23ClN2O3.C22H18Cl2N2O2.C20H18Cl2N2O2.C20H18ClFN2O2.3CH4/c2*1-16-3-8-20(9-4-16)32-26(30)29-14-13-21-22-15-18(27)7-12-23(22)28-24(21)25(29)17-5-10-19(31-2)11-6-17;1-2-14-3-5-15(6-4-14)21-20-17(9-11-26(21)22(27)28-12-10-23)18-13-16(24)7-8-19(18)25-20;1-2-26-20(25)24-10-9-15-16-11-14(22)7-8-17(16)23-18(15)19(24)12-3-5-13(21)6-4-12;1-2-26-20(25)24-10-9-15-16-11-13(21)5-8-17(16)23-18(15)19(24)12-3-6-14(22)7-4-12;;;/h2*3-12,15,25,28H,13-14H2,1-2H3;1,3-8,13,21,25H,9-12H2;2*3-8,11,19,23H,2,9-10H2,1H3;3*1H4. The molecule has 5 atom stereocenters. The number of terminal acetylenes is 1. The maximum absolute atomic E-state index is 13.4. The lowest BCUT2D eigenvalue weighted by molar-refractivity contribution is 0.0925. The number of benzene rings is 12. The highest BCUT2D eigenvalue weighted by Gasteiger charge is 2.42. The monoisotopic (exact) mass is 2110 g/mol. The first-order chi connectivity index (χ1) is 69.8. The molecule has 17 aromatic rings. The van der Waals surface area contributed by atoms with Crippen LogP contribution in [-0.2, 0) is 46.3 Å². The molecule has 30 heteroatoms. The van der Waals surface area contributed by atoms with Crippen molar-refractivity contribution >= 4 is 166 Å². The Morgan fingerprint density at radius 1 is 0.333 bits per heavy atom. The van der Waals surface area contributed by atoms with Gasteiger partial charge in [-0.1, -0.05) is 194 Å². The van der Waals surface area contributed by atoms with Crippen LogP contribution in [0.5, 0.6) is 23.0 Å². The second-order valence-electron chi connectivity index (χ2n) is 35.2. The molecule has 0 saturated heterocycles. The van der Waals surface area contributed by atoms with E-state index >= 15 is 0 Å². The predicted octanol–water partition coefficient (Wildman–Crippen LogP) is 30.2. The number of H-pyrrole nitrogens is 5. The van der Waals surface area contributed by atoms with Gasteiger partial charge in [-0.25, -0.2) is 28.4 Å². The zero-order chi connectivity index (χ0) is 101. The van der Waals surface area contributed by atoms with Crippen molar-refractivity contribution in [2.75, 3.05) is 72.6 Å². The lowest BCUT2D eigenvalue weighted by Crippen LogP contribution is -2.42. The lowest BCUT2D eigenvalue weighted by Gasteiger charge is -2.35. The van der Waals surface area contributed by atoms with Crippen LogP contribution in [0.1, 0.15) is 167 Å². The van der Waals surface area contributed by atoms with E-state index < -0.39 is 0 Å². The number of aromatic nitrogens is 5. The van der Waals surface area contributed by atoms with E-state index in [4.69, 9.17) is 121 Å². The van der Waals surface area contributed by atoms with Gasteiger partial charge in [-0.05, 0) is 291 Å². The van der Waals surface area contributed by atoms with E-state index in [0.717, 1.165) is 151 Å². The van der Waals surface area contributed by atoms with Crippen molar-refractivity contribution < 1.29 is 61.5 Å². The van der Waals surface area contributed by atoms with E-state index in [1.165, 1.54) is 34.4 Å². The zero-order valence-corrected chi connectivity index (χ0v) is 84.6. The van der Waals surface area contributed by atoms with E-state index in [1.807, 2.05) is 257 Å². The summed E-state index contributed by atoms with van der Waals surface area (Å²) in [5.74, 6) is 5.17. The molecule has 758 valence electrons. The molecule has 0 saturated carbocycles. The van der Waals surface area contributed by atoms with E-state index in [-0.39, 0.29) is 101 Å². The molecule has 147 heavy (non-hydrogen) atoms. The van der Waals surface area contributed by atoms with Gasteiger partial charge in [-0.2, -0.15) is 0 Å². The summed E-state index contributed by atoms with van der Waals surface area (Å²) in [4.78, 5) is 90.6. The molecule has 0 aliphatic carbocycles. The van der Waals surface area contributed by atoms with Crippen molar-refractivity contribution in [3.05, 3.63) is 398 Å². The molecular formula is C117H112Cl7FN10O12. The smallest absolute Gasteiger partial charge is 0.416 e. The van der Waals surface area contributed by atoms with E-state index in [9.17, 15) is 28.4 Å². The summed E-state index contributed by atoms with van der Waals surface area (Å²) in [5, 5.41) is 9.56. The molecule has 5 amide bonds. The van der Waals surface area contributed by atoms with E-state index in [1.54, 1.807) is 57.8 Å². The number of amides is 5. The minimum atomic E-state index is -0.381. The van der Waals surface area contributed by atoms with Gasteiger partial charge >= 0.3 is 30.5 Å². The van der Waals surface area contributed by atoms with Gasteiger partial charge in [-0.15, -0.1) is 18.0 Å². The van der Waals surface area contributed by atoms with Crippen molar-refractivity contribution in [1.29, 1.82) is 0 Å². The van der Waals surface area contributed by atoms with Gasteiger partial charge in [0, 0.05) is 151 Å². The van der Waals surface area contributed by atoms with Crippen LogP contribution in [0.4, 0.5) is 28.4 Å². The van der Waals surface area contributed by atoms with Crippen LogP contribution in [0.15, 0.2) is 261 Å². The maximum atomic E-state index is 13.4. The molecule has 5 N–H and O–H groups in total. The molecule has 5 aliphatic rings. The number of hydrogen-bond donors (Lipinski definition) is 5. The number of carbonyl (C=O) groups is 5. The highest BCUT2D eigenvalue weighted by molar-refractivity contribution is 6.33. The number of nitrogens with one attached hydrogen (secondary N) is 5. The Hall–Kier alpha value is -14.2. The van der Waals surface area contributed by atoms with E-state index in [2.05, 4.69) is 30.8 Å². The number of methoxy groups -OCH3 is 2. The molecule has 0 spiro atoms. The molecule has 10 heterocycles. The van der Waals surface area contributed by atoms with Gasteiger partial charge in [0.15, 0.2) is 0 Å². The number of nitrogens with zero attached hydrogens (tertiary/aromatic N) is 5. The molecule has 0 bridgehead atoms. The number of ether oxygens (including phenoxy) is 7. The first-order valence-corrected chi connectivity index (χ1v) is 50.0. The maximum Gasteiger partial charge on any atom is 0.416 e. The third kappa shape index (κ3) is 23.1. The molecule has 22 nitrogen and oxygen atoms in total. The molecule has 0 fully saturated rings. The summed E-state index contributed by atoms with van der Waals surface area (Å²) >= 11 is 42.9. The van der Waals surface area contributed by atoms with Crippen LogP contribution < -0.4 is 18.9 Å². The summed E-state index contributed by atoms with van der Waals surface area (Å²) < 4.78 is 51.4. The topological polar surface area (TPSA) is 245 Å². The fourth-order valence-electron chi connectivity index (χ4n) is 19.8. The van der Waals surface area contributed by atoms with Crippen LogP contribution in [0.2, 0.25) is 30.1 Å². The minimum Gasteiger partial charge on any atom is -0.497 e. The van der Waals surface area contributed by atoms with Crippen LogP contribution in [0.25, 0.3) is 54.5 Å². The quantitative estimate of drug-likeness (QED) is 0.0411. The number of halogens is 8. The van der Waals surface area contributed by atoms with E-state index in [0.29, 0.717) is 113 Å². The van der Waals surface area contributed by atoms with Gasteiger partial charge in [0.2, 0.25) is 0 Å². The van der Waals surface area contributed by atoms with Crippen LogP contribution in [0.3, 0.4) is 0 Å². The third-order valence-corrected chi connectivity index (χ3v) is 28.1. The van der Waals surface area contributed by atoms with Gasteiger partial charge in [0.25, 0.3) is 0 Å². The van der Waals surface area contributed by atoms with Crippen LogP contribution in [0, 0.1) is 32.0 Å². The number of aromatic amines is 5. The number of carbonyl (C=O) groups excluding carboxylic acids is 5. The van der Waals surface area contributed by atoms with Crippen molar-refractivity contribution in [2.24, 2.45) is 0 Å². The summed E-state index contributed by atoms with van der Waals surface area (Å²) in [6.07, 6.45) is 7.26. The van der Waals surface area contributed by atoms with Gasteiger partial charge in [0.05, 0.1) is 33.3 Å². The average molecular weight is 2120 g/mol. The summed E-state index contributed by atoms with van der Waals surface area (Å²) in [7, 11) is 3.28. The van der Waals surface area contributed by atoms with Crippen molar-refractivity contribution in [3.8, 4) is 35.3 Å². The number of rotatable bonds is 13. The fourth-order valence-corrected chi connectivity index (χ4v) is 20.9. The molecule has 5 unspecified atom stereocenters. The SMILES string of the molecule is C.C.C.C#Cc1ccc(C2c3[nH]c4ccc(Cl)cc4c3CCN2C(=O)OCCCl)cc1.CCOC(=O)N1CCc2c([nH]c3ccc(Cl)cc23)C1c1ccc(Cl)cc1.CCOC(=O)N1CCc2c([nH]c3ccc(Cl)cc23)C1c1ccc(F)cc1.COc1ccc(C2c3[nH]c4ccc(Cl)cc4c3CCN2C(=O)Oc2ccc(C)cc2)cc1.COc1ccc(C2c3[nH]c4ccc(Cl)cc4c3CCN2C(=O)Oc2ccc(C)cc2)cc1. The highest BCUT2D eigenvalue weighted by atomic mass is 35.5. The summed E-state index contributed by atoms with van der Waals surface area (Å²) in [6, 6.07) is 79.5. The summed E-state index contributed by atoms with van der Waals surface area (Å²) in [6.45, 7) is 11.1. The minimum absolute atomic E-state index is 0. The highest BCUT2D eigenvalue weighted by Crippen LogP contribution is 2.47. The van der Waals surface area contributed by atoms with Crippen molar-refractivity contribution in [3.63, 3.8) is 0 Å². The fraction of sp³-hybridized carbons (Fsp3) is 0.239. The Bertz CT molecular complexity index is 7280. The Balaban J connectivity index is 0.000000137. The van der Waals surface area contributed by atoms with Crippen LogP contribution in [-0.4, -0.2) is 153 Å². The van der Waals surface area contributed by atoms with Gasteiger partial charge in [0.1, 0.15) is 65.6 Å². The first kappa shape index (κ1) is 107. The Morgan fingerprint density at radius 2 is 0.571 bits per heavy atom. The first-order valence-electron chi connectivity index (χ1n) is 47.2. The Kier molecular flexibility index (Phi) is 34.6. The van der Waals surface area contributed by atoms with Gasteiger partial charge < -0.3 is 58.1 Å². The molecule has 22 rings (SSSR count). The Labute approximate surface area is 888 Å². The zero-order valence-electron chi connectivity index (χ0n) is 79.3. The van der Waals surface area contributed by atoms with Crippen molar-refractivity contribution in [2.45, 2.75) is 112 Å². The average Bonchev–Trinajstić information content (AvgIpc) is 1.62. The van der Waals surface area contributed by atoms with Crippen molar-refractivity contribution in [1.82, 2.24) is 49.4 Å². The molecule has 5 aromatic heterocycles.